The summed E-state index contributed by atoms with van der Waals surface area (Å²) in [6.07, 6.45) is 0.497. The van der Waals surface area contributed by atoms with E-state index in [2.05, 4.69) is 5.32 Å². The number of benzene rings is 3. The van der Waals surface area contributed by atoms with Gasteiger partial charge in [-0.2, -0.15) is 0 Å². The van der Waals surface area contributed by atoms with Crippen LogP contribution in [0.4, 0.5) is 5.69 Å². The normalized spacial score (nSPS) is 11.2. The van der Waals surface area contributed by atoms with Crippen LogP contribution in [-0.4, -0.2) is 15.0 Å². The van der Waals surface area contributed by atoms with Gasteiger partial charge < -0.3 is 9.73 Å². The molecule has 0 atom stereocenters. The number of rotatable bonds is 6. The van der Waals surface area contributed by atoms with Gasteiger partial charge in [-0.3, -0.25) is 18.7 Å². The van der Waals surface area contributed by atoms with Crippen molar-refractivity contribution in [2.75, 3.05) is 5.32 Å². The fourth-order valence-corrected chi connectivity index (χ4v) is 4.11. The number of carbonyl (C=O) groups excluding carboxylic acids is 1. The highest BCUT2D eigenvalue weighted by atomic mass is 16.3. The van der Waals surface area contributed by atoms with Crippen molar-refractivity contribution < 1.29 is 9.21 Å². The lowest BCUT2D eigenvalue weighted by Gasteiger charge is -2.12. The molecule has 0 aliphatic heterocycles. The molecule has 0 saturated carbocycles. The molecule has 0 radical (unpaired) electrons. The van der Waals surface area contributed by atoms with Gasteiger partial charge >= 0.3 is 5.69 Å². The highest BCUT2D eigenvalue weighted by Crippen LogP contribution is 2.25. The third-order valence-corrected chi connectivity index (χ3v) is 5.84. The summed E-state index contributed by atoms with van der Waals surface area (Å²) in [5.74, 6) is -0.370. The van der Waals surface area contributed by atoms with Crippen LogP contribution in [0.3, 0.4) is 0 Å². The zero-order valence-corrected chi connectivity index (χ0v) is 18.7. The molecule has 5 aromatic rings. The number of hydrogen-bond donors (Lipinski definition) is 1. The molecule has 2 heterocycles. The Morgan fingerprint density at radius 1 is 0.882 bits per heavy atom. The number of amides is 1. The minimum atomic E-state index is -0.543. The number of fused-ring (bicyclic) bond motifs is 3. The van der Waals surface area contributed by atoms with Crippen molar-refractivity contribution in [3.63, 3.8) is 0 Å². The first-order valence-electron chi connectivity index (χ1n) is 11.1. The van der Waals surface area contributed by atoms with Crippen molar-refractivity contribution in [1.29, 1.82) is 0 Å². The minimum absolute atomic E-state index is 0.0667. The highest BCUT2D eigenvalue weighted by Gasteiger charge is 2.21. The van der Waals surface area contributed by atoms with Crippen LogP contribution in [0.15, 0.2) is 92.9 Å². The lowest BCUT2D eigenvalue weighted by Crippen LogP contribution is -2.41. The van der Waals surface area contributed by atoms with Crippen LogP contribution in [0.5, 0.6) is 0 Å². The summed E-state index contributed by atoms with van der Waals surface area (Å²) in [6.45, 7) is 1.89. The first-order chi connectivity index (χ1) is 16.5. The van der Waals surface area contributed by atoms with Crippen LogP contribution in [0, 0.1) is 6.92 Å². The van der Waals surface area contributed by atoms with Crippen LogP contribution in [0.2, 0.25) is 0 Å². The molecular weight excluding hydrogens is 430 g/mol. The minimum Gasteiger partial charge on any atom is -0.449 e. The molecule has 1 N–H and O–H groups in total. The van der Waals surface area contributed by atoms with E-state index in [-0.39, 0.29) is 24.6 Å². The molecule has 0 fully saturated rings. The van der Waals surface area contributed by atoms with E-state index in [0.29, 0.717) is 28.6 Å². The zero-order valence-electron chi connectivity index (χ0n) is 18.7. The summed E-state index contributed by atoms with van der Waals surface area (Å²) in [6, 6.07) is 24.1. The van der Waals surface area contributed by atoms with Crippen molar-refractivity contribution in [2.24, 2.45) is 0 Å². The Bertz CT molecular complexity index is 1610. The van der Waals surface area contributed by atoms with Gasteiger partial charge in [-0.15, -0.1) is 0 Å². The van der Waals surface area contributed by atoms with E-state index in [4.69, 9.17) is 4.42 Å². The van der Waals surface area contributed by atoms with Gasteiger partial charge in [0.1, 0.15) is 17.6 Å². The summed E-state index contributed by atoms with van der Waals surface area (Å²) in [5.41, 5.74) is 2.56. The maximum absolute atomic E-state index is 13.5. The first-order valence-corrected chi connectivity index (χ1v) is 11.1. The van der Waals surface area contributed by atoms with Crippen LogP contribution in [0.1, 0.15) is 11.1 Å². The molecule has 7 heteroatoms. The molecule has 0 aliphatic carbocycles. The number of para-hydroxylation sites is 1. The van der Waals surface area contributed by atoms with Crippen LogP contribution >= 0.6 is 0 Å². The predicted molar refractivity (Wildman–Crippen MR) is 132 cm³/mol. The molecule has 7 nitrogen and oxygen atoms in total. The average Bonchev–Trinajstić information content (AvgIpc) is 3.24. The summed E-state index contributed by atoms with van der Waals surface area (Å²) in [4.78, 5) is 39.7. The maximum atomic E-state index is 13.5. The Hall–Kier alpha value is -4.39. The van der Waals surface area contributed by atoms with Gasteiger partial charge in [0.2, 0.25) is 11.5 Å². The monoisotopic (exact) mass is 453 g/mol. The molecule has 0 unspecified atom stereocenters. The molecule has 0 aliphatic rings. The fourth-order valence-electron chi connectivity index (χ4n) is 4.11. The van der Waals surface area contributed by atoms with Crippen molar-refractivity contribution in [1.82, 2.24) is 9.13 Å². The lowest BCUT2D eigenvalue weighted by atomic mass is 10.1. The quantitative estimate of drug-likeness (QED) is 0.419. The second-order valence-corrected chi connectivity index (χ2v) is 8.25. The molecule has 0 bridgehead atoms. The van der Waals surface area contributed by atoms with E-state index in [1.165, 1.54) is 4.57 Å². The van der Waals surface area contributed by atoms with Crippen molar-refractivity contribution >= 4 is 33.7 Å². The van der Waals surface area contributed by atoms with Gasteiger partial charge in [0.05, 0.1) is 0 Å². The number of aryl methyl sites for hydroxylation is 2. The molecule has 34 heavy (non-hydrogen) atoms. The summed E-state index contributed by atoms with van der Waals surface area (Å²) < 4.78 is 8.34. The number of carbonyl (C=O) groups is 1. The maximum Gasteiger partial charge on any atom is 0.332 e. The Balaban J connectivity index is 1.59. The number of furan rings is 1. The van der Waals surface area contributed by atoms with Crippen molar-refractivity contribution in [2.45, 2.75) is 26.4 Å². The summed E-state index contributed by atoms with van der Waals surface area (Å²) in [7, 11) is 0. The summed E-state index contributed by atoms with van der Waals surface area (Å²) in [5, 5.41) is 3.44. The standard InChI is InChI=1S/C27H23N3O4/c1-18-11-13-20(14-12-18)28-23(31)17-30-24-21-9-5-6-10-22(21)34-25(24)26(32)29(27(30)33)16-15-19-7-3-2-4-8-19/h2-14H,15-17H2,1H3,(H,28,31). The molecular formula is C27H23N3O4. The van der Waals surface area contributed by atoms with E-state index in [1.807, 2.05) is 49.4 Å². The fraction of sp³-hybridized carbons (Fsp3) is 0.148. The molecule has 0 saturated heterocycles. The number of hydrogen-bond acceptors (Lipinski definition) is 4. The topological polar surface area (TPSA) is 86.2 Å². The predicted octanol–water partition coefficient (Wildman–Crippen LogP) is 4.10. The van der Waals surface area contributed by atoms with E-state index in [9.17, 15) is 14.4 Å². The van der Waals surface area contributed by atoms with E-state index < -0.39 is 11.2 Å². The van der Waals surface area contributed by atoms with E-state index >= 15 is 0 Å². The van der Waals surface area contributed by atoms with Gasteiger partial charge in [-0.25, -0.2) is 4.79 Å². The SMILES string of the molecule is Cc1ccc(NC(=O)Cn2c(=O)n(CCc3ccccc3)c(=O)c3oc4ccccc4c32)cc1. The van der Waals surface area contributed by atoms with Crippen molar-refractivity contribution in [3.8, 4) is 0 Å². The zero-order chi connectivity index (χ0) is 23.7. The van der Waals surface area contributed by atoms with E-state index in [1.54, 1.807) is 36.4 Å². The molecule has 2 aromatic heterocycles. The summed E-state index contributed by atoms with van der Waals surface area (Å²) >= 11 is 0. The molecule has 3 aromatic carbocycles. The number of nitrogens with zero attached hydrogens (tertiary/aromatic N) is 2. The van der Waals surface area contributed by atoms with Crippen LogP contribution in [0.25, 0.3) is 22.1 Å². The first kappa shape index (κ1) is 21.5. The number of nitrogens with one attached hydrogen (secondary N) is 1. The van der Waals surface area contributed by atoms with Crippen LogP contribution < -0.4 is 16.6 Å². The number of aromatic nitrogens is 2. The third-order valence-electron chi connectivity index (χ3n) is 5.84. The van der Waals surface area contributed by atoms with Gasteiger partial charge in [0, 0.05) is 17.6 Å². The Labute approximate surface area is 194 Å². The third kappa shape index (κ3) is 4.03. The lowest BCUT2D eigenvalue weighted by molar-refractivity contribution is -0.116. The van der Waals surface area contributed by atoms with Gasteiger partial charge in [-0.05, 0) is 43.2 Å². The second kappa shape index (κ2) is 8.86. The van der Waals surface area contributed by atoms with E-state index in [0.717, 1.165) is 15.7 Å². The molecule has 5 rings (SSSR count). The van der Waals surface area contributed by atoms with Crippen LogP contribution in [-0.2, 0) is 24.3 Å². The smallest absolute Gasteiger partial charge is 0.332 e. The van der Waals surface area contributed by atoms with Gasteiger partial charge in [0.25, 0.3) is 5.56 Å². The number of anilines is 1. The Morgan fingerprint density at radius 2 is 1.59 bits per heavy atom. The average molecular weight is 453 g/mol. The molecule has 0 spiro atoms. The highest BCUT2D eigenvalue weighted by molar-refractivity contribution is 6.03. The Kier molecular flexibility index (Phi) is 5.59. The molecule has 1 amide bonds. The second-order valence-electron chi connectivity index (χ2n) is 8.25. The van der Waals surface area contributed by atoms with Gasteiger partial charge in [0.15, 0.2) is 0 Å². The molecule has 170 valence electrons. The van der Waals surface area contributed by atoms with Crippen molar-refractivity contribution in [3.05, 3.63) is 111 Å². The largest absolute Gasteiger partial charge is 0.449 e. The Morgan fingerprint density at radius 3 is 2.35 bits per heavy atom. The van der Waals surface area contributed by atoms with Gasteiger partial charge in [-0.1, -0.05) is 60.2 Å².